The van der Waals surface area contributed by atoms with E-state index in [1.807, 2.05) is 6.92 Å². The van der Waals surface area contributed by atoms with Crippen molar-refractivity contribution in [3.8, 4) is 0 Å². The fourth-order valence-electron chi connectivity index (χ4n) is 2.65. The van der Waals surface area contributed by atoms with Gasteiger partial charge in [0, 0.05) is 19.3 Å². The summed E-state index contributed by atoms with van der Waals surface area (Å²) >= 11 is 0. The Morgan fingerprint density at radius 1 is 0.913 bits per heavy atom. The summed E-state index contributed by atoms with van der Waals surface area (Å²) in [7, 11) is 0. The van der Waals surface area contributed by atoms with E-state index in [1.54, 1.807) is 0 Å². The van der Waals surface area contributed by atoms with E-state index in [4.69, 9.17) is 9.84 Å². The number of aliphatic carboxylic acids is 1. The minimum Gasteiger partial charge on any atom is -0.481 e. The van der Waals surface area contributed by atoms with Gasteiger partial charge in [0.15, 0.2) is 0 Å². The monoisotopic (exact) mass is 329 g/mol. The van der Waals surface area contributed by atoms with Crippen LogP contribution in [0.5, 0.6) is 0 Å². The van der Waals surface area contributed by atoms with Crippen LogP contribution in [-0.2, 0) is 9.53 Å². The standard InChI is InChI=1S/C19H39NO3/c1-3-4-5-6-7-8-9-10-11-12-15-23-16-13-14-20-18(2)17-19(21)22/h18,20H,3-17H2,1-2H3,(H,21,22). The number of carboxylic acid groups (broad SMARTS) is 1. The molecule has 0 rings (SSSR count). The minimum absolute atomic E-state index is 0.0365. The van der Waals surface area contributed by atoms with E-state index in [9.17, 15) is 4.79 Å². The molecule has 0 amide bonds. The Morgan fingerprint density at radius 3 is 2.00 bits per heavy atom. The molecule has 138 valence electrons. The second kappa shape index (κ2) is 17.7. The van der Waals surface area contributed by atoms with Crippen LogP contribution in [0.15, 0.2) is 0 Å². The number of nitrogens with one attached hydrogen (secondary N) is 1. The zero-order valence-electron chi connectivity index (χ0n) is 15.4. The predicted octanol–water partition coefficient (Wildman–Crippen LogP) is 4.77. The molecule has 0 heterocycles. The molecule has 23 heavy (non-hydrogen) atoms. The number of ether oxygens (including phenoxy) is 1. The van der Waals surface area contributed by atoms with Crippen LogP contribution in [0.4, 0.5) is 0 Å². The van der Waals surface area contributed by atoms with E-state index >= 15 is 0 Å². The van der Waals surface area contributed by atoms with E-state index in [2.05, 4.69) is 12.2 Å². The Morgan fingerprint density at radius 2 is 1.43 bits per heavy atom. The van der Waals surface area contributed by atoms with Crippen molar-refractivity contribution in [2.24, 2.45) is 0 Å². The van der Waals surface area contributed by atoms with Crippen LogP contribution in [0.25, 0.3) is 0 Å². The van der Waals surface area contributed by atoms with Gasteiger partial charge in [-0.2, -0.15) is 0 Å². The lowest BCUT2D eigenvalue weighted by Gasteiger charge is -2.11. The van der Waals surface area contributed by atoms with Crippen LogP contribution in [0, 0.1) is 0 Å². The Bertz CT molecular complexity index is 259. The van der Waals surface area contributed by atoms with Crippen molar-refractivity contribution in [3.05, 3.63) is 0 Å². The van der Waals surface area contributed by atoms with Gasteiger partial charge < -0.3 is 15.2 Å². The molecule has 0 aliphatic carbocycles. The Kier molecular flexibility index (Phi) is 17.3. The first-order valence-corrected chi connectivity index (χ1v) is 9.69. The third-order valence-corrected chi connectivity index (χ3v) is 4.08. The minimum atomic E-state index is -0.748. The zero-order valence-corrected chi connectivity index (χ0v) is 15.4. The smallest absolute Gasteiger partial charge is 0.304 e. The van der Waals surface area contributed by atoms with Crippen molar-refractivity contribution in [1.29, 1.82) is 0 Å². The van der Waals surface area contributed by atoms with Crippen molar-refractivity contribution < 1.29 is 14.6 Å². The number of carboxylic acids is 1. The van der Waals surface area contributed by atoms with E-state index in [1.165, 1.54) is 64.2 Å². The molecule has 0 aromatic carbocycles. The van der Waals surface area contributed by atoms with Gasteiger partial charge >= 0.3 is 5.97 Å². The Hall–Kier alpha value is -0.610. The average Bonchev–Trinajstić information content (AvgIpc) is 2.50. The molecule has 1 atom stereocenters. The predicted molar refractivity (Wildman–Crippen MR) is 97.0 cm³/mol. The molecular formula is C19H39NO3. The third-order valence-electron chi connectivity index (χ3n) is 4.08. The van der Waals surface area contributed by atoms with Crippen molar-refractivity contribution in [2.45, 2.75) is 96.9 Å². The normalized spacial score (nSPS) is 12.4. The molecule has 0 saturated carbocycles. The molecule has 1 unspecified atom stereocenters. The quantitative estimate of drug-likeness (QED) is 0.356. The molecule has 0 aliphatic rings. The highest BCUT2D eigenvalue weighted by atomic mass is 16.5. The zero-order chi connectivity index (χ0) is 17.2. The van der Waals surface area contributed by atoms with Crippen LogP contribution in [0.1, 0.15) is 90.9 Å². The van der Waals surface area contributed by atoms with Gasteiger partial charge in [-0.3, -0.25) is 4.79 Å². The lowest BCUT2D eigenvalue weighted by Crippen LogP contribution is -2.29. The highest BCUT2D eigenvalue weighted by molar-refractivity contribution is 5.67. The second-order valence-electron chi connectivity index (χ2n) is 6.60. The lowest BCUT2D eigenvalue weighted by molar-refractivity contribution is -0.137. The molecular weight excluding hydrogens is 290 g/mol. The fraction of sp³-hybridized carbons (Fsp3) is 0.947. The molecule has 0 saturated heterocycles. The first-order chi connectivity index (χ1) is 11.2. The molecule has 0 spiro atoms. The van der Waals surface area contributed by atoms with Crippen LogP contribution >= 0.6 is 0 Å². The van der Waals surface area contributed by atoms with Crippen LogP contribution < -0.4 is 5.32 Å². The second-order valence-corrected chi connectivity index (χ2v) is 6.60. The molecule has 0 bridgehead atoms. The van der Waals surface area contributed by atoms with Gasteiger partial charge in [-0.05, 0) is 26.3 Å². The summed E-state index contributed by atoms with van der Waals surface area (Å²) < 4.78 is 5.61. The maximum Gasteiger partial charge on any atom is 0.304 e. The summed E-state index contributed by atoms with van der Waals surface area (Å²) in [5.74, 6) is -0.748. The van der Waals surface area contributed by atoms with Crippen molar-refractivity contribution in [3.63, 3.8) is 0 Å². The maximum absolute atomic E-state index is 10.5. The molecule has 0 aliphatic heterocycles. The number of hydrogen-bond donors (Lipinski definition) is 2. The first kappa shape index (κ1) is 22.4. The van der Waals surface area contributed by atoms with Crippen LogP contribution in [-0.4, -0.2) is 36.9 Å². The average molecular weight is 330 g/mol. The van der Waals surface area contributed by atoms with Gasteiger partial charge in [-0.1, -0.05) is 64.7 Å². The van der Waals surface area contributed by atoms with E-state index in [-0.39, 0.29) is 12.5 Å². The number of unbranched alkanes of at least 4 members (excludes halogenated alkanes) is 9. The van der Waals surface area contributed by atoms with E-state index < -0.39 is 5.97 Å². The molecule has 0 aromatic rings. The molecule has 0 aromatic heterocycles. The van der Waals surface area contributed by atoms with Gasteiger partial charge in [0.05, 0.1) is 6.42 Å². The Labute approximate surface area is 143 Å². The van der Waals surface area contributed by atoms with Gasteiger partial charge in [0.2, 0.25) is 0 Å². The fourth-order valence-corrected chi connectivity index (χ4v) is 2.65. The number of hydrogen-bond acceptors (Lipinski definition) is 3. The molecule has 4 nitrogen and oxygen atoms in total. The maximum atomic E-state index is 10.5. The summed E-state index contributed by atoms with van der Waals surface area (Å²) in [5.41, 5.74) is 0. The van der Waals surface area contributed by atoms with Crippen LogP contribution in [0.2, 0.25) is 0 Å². The molecule has 0 radical (unpaired) electrons. The van der Waals surface area contributed by atoms with Crippen molar-refractivity contribution >= 4 is 5.97 Å². The number of carbonyl (C=O) groups is 1. The highest BCUT2D eigenvalue weighted by Gasteiger charge is 2.05. The molecule has 4 heteroatoms. The summed E-state index contributed by atoms with van der Waals surface area (Å²) in [5, 5.41) is 11.8. The largest absolute Gasteiger partial charge is 0.481 e. The first-order valence-electron chi connectivity index (χ1n) is 9.69. The topological polar surface area (TPSA) is 58.6 Å². The molecule has 2 N–H and O–H groups in total. The van der Waals surface area contributed by atoms with Crippen LogP contribution in [0.3, 0.4) is 0 Å². The van der Waals surface area contributed by atoms with Gasteiger partial charge in [-0.15, -0.1) is 0 Å². The summed E-state index contributed by atoms with van der Waals surface area (Å²) in [6.07, 6.45) is 14.6. The summed E-state index contributed by atoms with van der Waals surface area (Å²) in [4.78, 5) is 10.5. The van der Waals surface area contributed by atoms with Gasteiger partial charge in [-0.25, -0.2) is 0 Å². The van der Waals surface area contributed by atoms with Crippen molar-refractivity contribution in [1.82, 2.24) is 5.32 Å². The highest BCUT2D eigenvalue weighted by Crippen LogP contribution is 2.10. The third kappa shape index (κ3) is 19.3. The molecule has 0 fully saturated rings. The van der Waals surface area contributed by atoms with Gasteiger partial charge in [0.1, 0.15) is 0 Å². The Balaban J connectivity index is 3.06. The summed E-state index contributed by atoms with van der Waals surface area (Å²) in [6, 6.07) is 0.0365. The van der Waals surface area contributed by atoms with E-state index in [0.29, 0.717) is 0 Å². The SMILES string of the molecule is CCCCCCCCCCCCOCCCNC(C)CC(=O)O. The lowest BCUT2D eigenvalue weighted by atomic mass is 10.1. The number of rotatable bonds is 18. The van der Waals surface area contributed by atoms with Gasteiger partial charge in [0.25, 0.3) is 0 Å². The summed E-state index contributed by atoms with van der Waals surface area (Å²) in [6.45, 7) is 6.62. The van der Waals surface area contributed by atoms with Crippen molar-refractivity contribution in [2.75, 3.05) is 19.8 Å². The van der Waals surface area contributed by atoms with E-state index in [0.717, 1.165) is 26.2 Å².